The fraction of sp³-hybridized carbons (Fsp3) is 0.651. The van der Waals surface area contributed by atoms with Crippen LogP contribution in [-0.2, 0) is 22.3 Å². The van der Waals surface area contributed by atoms with Crippen molar-refractivity contribution in [1.82, 2.24) is 38.6 Å². The van der Waals surface area contributed by atoms with Gasteiger partial charge in [-0.1, -0.05) is 12.1 Å². The highest BCUT2D eigenvalue weighted by atomic mass is 32.2. The largest absolute Gasteiger partial charge is 0.419 e. The average Bonchev–Trinajstić information content (AvgIpc) is 3.67. The fourth-order valence-corrected chi connectivity index (χ4v) is 10.8. The summed E-state index contributed by atoms with van der Waals surface area (Å²) in [6.45, 7) is 12.8. The van der Waals surface area contributed by atoms with Gasteiger partial charge in [0, 0.05) is 94.1 Å². The molecule has 1 aromatic carbocycles. The second-order valence-electron chi connectivity index (χ2n) is 18.4. The minimum atomic E-state index is -4.63. The average molecular weight is 853 g/mol. The molecule has 7 heterocycles. The first-order valence-electron chi connectivity index (χ1n) is 21.7. The molecule has 8 rings (SSSR count). The van der Waals surface area contributed by atoms with Crippen LogP contribution in [0.5, 0.6) is 0 Å². The molecule has 2 aromatic heterocycles. The normalized spacial score (nSPS) is 23.3. The van der Waals surface area contributed by atoms with Gasteiger partial charge in [0.25, 0.3) is 0 Å². The smallest absolute Gasteiger partial charge is 0.389 e. The molecule has 3 aromatic rings. The Hall–Kier alpha value is -3.77. The first kappa shape index (κ1) is 42.9. The van der Waals surface area contributed by atoms with Gasteiger partial charge in [0.15, 0.2) is 0 Å². The number of amides is 2. The molecular formula is C43H59F3N10O3S. The topological polar surface area (TPSA) is 135 Å². The minimum absolute atomic E-state index is 0.0512. The van der Waals surface area contributed by atoms with E-state index in [0.29, 0.717) is 24.2 Å². The van der Waals surface area contributed by atoms with Gasteiger partial charge >= 0.3 is 6.18 Å². The van der Waals surface area contributed by atoms with Crippen molar-refractivity contribution < 1.29 is 27.9 Å². The predicted molar refractivity (Wildman–Crippen MR) is 226 cm³/mol. The van der Waals surface area contributed by atoms with E-state index in [1.54, 1.807) is 13.8 Å². The zero-order valence-corrected chi connectivity index (χ0v) is 35.6. The second kappa shape index (κ2) is 17.9. The molecule has 17 heteroatoms. The summed E-state index contributed by atoms with van der Waals surface area (Å²) >= 11 is 1.84. The van der Waals surface area contributed by atoms with E-state index >= 15 is 0 Å². The van der Waals surface area contributed by atoms with Crippen molar-refractivity contribution in [3.05, 3.63) is 54.0 Å². The Morgan fingerprint density at radius 1 is 0.917 bits per heavy atom. The monoisotopic (exact) mass is 852 g/mol. The molecule has 1 unspecified atom stereocenters. The zero-order valence-electron chi connectivity index (χ0n) is 34.8. The maximum Gasteiger partial charge on any atom is 0.419 e. The zero-order chi connectivity index (χ0) is 42.1. The van der Waals surface area contributed by atoms with Gasteiger partial charge < -0.3 is 20.2 Å². The predicted octanol–water partition coefficient (Wildman–Crippen LogP) is 6.18. The number of carbonyl (C=O) groups excluding carboxylic acids is 2. The maximum atomic E-state index is 13.9. The van der Waals surface area contributed by atoms with Crippen molar-refractivity contribution in [2.24, 2.45) is 11.3 Å². The molecular weight excluding hydrogens is 794 g/mol. The molecule has 60 heavy (non-hydrogen) atoms. The number of benzene rings is 1. The van der Waals surface area contributed by atoms with E-state index in [4.69, 9.17) is 0 Å². The summed E-state index contributed by atoms with van der Waals surface area (Å²) < 4.78 is 48.1. The molecule has 0 radical (unpaired) electrons. The van der Waals surface area contributed by atoms with Crippen molar-refractivity contribution in [2.45, 2.75) is 108 Å². The molecule has 1 spiro atoms. The molecule has 5 aliphatic rings. The molecule has 13 nitrogen and oxygen atoms in total. The lowest BCUT2D eigenvalue weighted by atomic mass is 9.71. The van der Waals surface area contributed by atoms with Gasteiger partial charge in [-0.2, -0.15) is 18.3 Å². The highest BCUT2D eigenvalue weighted by Crippen LogP contribution is 2.43. The number of alkyl halides is 3. The number of hydrogen-bond acceptors (Lipinski definition) is 12. The van der Waals surface area contributed by atoms with E-state index in [1.165, 1.54) is 80.9 Å². The molecule has 2 amide bonds. The van der Waals surface area contributed by atoms with E-state index in [2.05, 4.69) is 56.2 Å². The number of carbonyl (C=O) groups is 2. The van der Waals surface area contributed by atoms with Crippen LogP contribution in [0.3, 0.4) is 0 Å². The lowest BCUT2D eigenvalue weighted by Gasteiger charge is -2.48. The molecule has 3 N–H and O–H groups in total. The number of piperidine rings is 5. The van der Waals surface area contributed by atoms with Crippen molar-refractivity contribution in [2.75, 3.05) is 69.1 Å². The maximum absolute atomic E-state index is 13.9. The van der Waals surface area contributed by atoms with Gasteiger partial charge in [0.1, 0.15) is 5.56 Å². The Morgan fingerprint density at radius 3 is 2.27 bits per heavy atom. The number of hydrogen-bond donors (Lipinski definition) is 3. The van der Waals surface area contributed by atoms with Crippen LogP contribution in [0.4, 0.5) is 24.8 Å². The Bertz CT molecular complexity index is 1960. The Morgan fingerprint density at radius 2 is 1.60 bits per heavy atom. The lowest BCUT2D eigenvalue weighted by Crippen LogP contribution is -2.48. The summed E-state index contributed by atoms with van der Waals surface area (Å²) in [7, 11) is 0. The number of nitrogens with zero attached hydrogens (tertiary/aromatic N) is 8. The number of likely N-dealkylation sites (tertiary alicyclic amines) is 1. The number of rotatable bonds is 11. The molecule has 5 aliphatic heterocycles. The molecule has 5 fully saturated rings. The molecule has 0 aliphatic carbocycles. The summed E-state index contributed by atoms with van der Waals surface area (Å²) in [4.78, 5) is 37.7. The summed E-state index contributed by atoms with van der Waals surface area (Å²) in [5, 5.41) is 20.1. The first-order chi connectivity index (χ1) is 28.7. The van der Waals surface area contributed by atoms with Gasteiger partial charge in [0.05, 0.1) is 30.0 Å². The van der Waals surface area contributed by atoms with Crippen LogP contribution >= 0.6 is 12.1 Å². The standard InChI is InChI=1S/C43H59F3N10O3S/c1-41(2,59)29-54-28-32(25-48-54)38-36(43(44,45)46)26-47-40(51-38)49-33-10-18-56(19-11-33)60-55-16-8-30(9-17-55)27-52-20-12-42(13-21-52)14-22-53(23-15-42)34-5-3-4-31(24-34)35-6-7-37(57)50-39(35)58/h3-5,24-26,28,30,33,35,59H,6-23,27,29H2,1-2H3,(H,47,49,51)(H,50,57,58). The highest BCUT2D eigenvalue weighted by Gasteiger charge is 2.39. The number of nitrogens with one attached hydrogen (secondary N) is 2. The first-order valence-corrected chi connectivity index (χ1v) is 22.4. The second-order valence-corrected chi connectivity index (χ2v) is 19.6. The molecule has 0 saturated carbocycles. The molecule has 0 bridgehead atoms. The summed E-state index contributed by atoms with van der Waals surface area (Å²) in [5.74, 6) is 0.277. The third-order valence-electron chi connectivity index (χ3n) is 13.3. The minimum Gasteiger partial charge on any atom is -0.389 e. The van der Waals surface area contributed by atoms with E-state index < -0.39 is 17.3 Å². The van der Waals surface area contributed by atoms with Crippen LogP contribution in [0.15, 0.2) is 42.9 Å². The van der Waals surface area contributed by atoms with Gasteiger partial charge in [-0.15, -0.1) is 0 Å². The van der Waals surface area contributed by atoms with E-state index in [9.17, 15) is 27.9 Å². The summed E-state index contributed by atoms with van der Waals surface area (Å²) in [5.41, 5.74) is 0.614. The van der Waals surface area contributed by atoms with Gasteiger partial charge in [-0.05, 0) is 114 Å². The van der Waals surface area contributed by atoms with Crippen LogP contribution in [0.1, 0.15) is 95.1 Å². The SMILES string of the molecule is CC(C)(O)Cn1cc(-c2nc(NC3CCN(SN4CCC(CN5CCC6(CC5)CCN(c5cccc(C7CCC(=O)NC7=O)c5)CC6)CC4)CC3)ncc2C(F)(F)F)cn1. The number of anilines is 2. The summed E-state index contributed by atoms with van der Waals surface area (Å²) in [6.07, 6.45) is 9.00. The van der Waals surface area contributed by atoms with E-state index in [0.717, 1.165) is 63.9 Å². The highest BCUT2D eigenvalue weighted by molar-refractivity contribution is 7.94. The summed E-state index contributed by atoms with van der Waals surface area (Å²) in [6, 6.07) is 8.43. The Balaban J connectivity index is 0.739. The lowest BCUT2D eigenvalue weighted by molar-refractivity contribution is -0.137. The van der Waals surface area contributed by atoms with Gasteiger partial charge in [-0.3, -0.25) is 19.6 Å². The Labute approximate surface area is 355 Å². The van der Waals surface area contributed by atoms with Crippen LogP contribution < -0.4 is 15.5 Å². The van der Waals surface area contributed by atoms with Gasteiger partial charge in [0.2, 0.25) is 17.8 Å². The third kappa shape index (κ3) is 10.6. The molecule has 5 saturated heterocycles. The van der Waals surface area contributed by atoms with Crippen LogP contribution in [-0.4, -0.2) is 121 Å². The van der Waals surface area contributed by atoms with Gasteiger partial charge in [-0.25, -0.2) is 18.6 Å². The van der Waals surface area contributed by atoms with E-state index in [1.807, 2.05) is 24.3 Å². The van der Waals surface area contributed by atoms with Crippen LogP contribution in [0, 0.1) is 11.3 Å². The molecule has 1 atom stereocenters. The molecule has 326 valence electrons. The fourth-order valence-electron chi connectivity index (χ4n) is 9.71. The quantitative estimate of drug-likeness (QED) is 0.150. The number of aliphatic hydroxyl groups is 1. The third-order valence-corrected chi connectivity index (χ3v) is 14.5. The van der Waals surface area contributed by atoms with Crippen LogP contribution in [0.2, 0.25) is 0 Å². The van der Waals surface area contributed by atoms with Crippen molar-refractivity contribution in [1.29, 1.82) is 0 Å². The van der Waals surface area contributed by atoms with Crippen molar-refractivity contribution >= 4 is 35.6 Å². The number of aromatic nitrogens is 4. The number of halogens is 3. The van der Waals surface area contributed by atoms with Crippen molar-refractivity contribution in [3.8, 4) is 11.3 Å². The van der Waals surface area contributed by atoms with E-state index in [-0.39, 0.29) is 47.5 Å². The van der Waals surface area contributed by atoms with Crippen LogP contribution in [0.25, 0.3) is 11.3 Å². The van der Waals surface area contributed by atoms with Crippen molar-refractivity contribution in [3.63, 3.8) is 0 Å². The number of imide groups is 1. The Kier molecular flexibility index (Phi) is 12.8.